The van der Waals surface area contributed by atoms with E-state index in [-0.39, 0.29) is 5.41 Å². The third kappa shape index (κ3) is 3.42. The Bertz CT molecular complexity index is 811. The Morgan fingerprint density at radius 1 is 1.44 bits per heavy atom. The molecule has 0 saturated heterocycles. The lowest BCUT2D eigenvalue weighted by atomic mass is 9.76. The van der Waals surface area contributed by atoms with E-state index in [0.29, 0.717) is 17.9 Å². The molecule has 6 heteroatoms. The Kier molecular flexibility index (Phi) is 4.86. The van der Waals surface area contributed by atoms with Crippen LogP contribution in [0.15, 0.2) is 18.2 Å². The number of fused-ring (bicyclic) bond motifs is 1. The first-order valence-electron chi connectivity index (χ1n) is 8.35. The molecule has 0 spiro atoms. The molecular weight excluding hydrogens is 336 g/mol. The highest BCUT2D eigenvalue weighted by atomic mass is 32.1. The summed E-state index contributed by atoms with van der Waals surface area (Å²) in [7, 11) is 1.61. The molecule has 0 saturated carbocycles. The van der Waals surface area contributed by atoms with Crippen molar-refractivity contribution in [2.75, 3.05) is 7.11 Å². The summed E-state index contributed by atoms with van der Waals surface area (Å²) in [4.78, 5) is 14.1. The second-order valence-corrected chi connectivity index (χ2v) is 8.37. The van der Waals surface area contributed by atoms with Gasteiger partial charge in [0.2, 0.25) is 0 Å². The summed E-state index contributed by atoms with van der Waals surface area (Å²) in [6.07, 6.45) is 2.81. The highest BCUT2D eigenvalue weighted by Crippen LogP contribution is 2.47. The number of nitrogens with one attached hydrogen (secondary N) is 1. The summed E-state index contributed by atoms with van der Waals surface area (Å²) in [6.45, 7) is 4.91. The van der Waals surface area contributed by atoms with Crippen molar-refractivity contribution in [1.82, 2.24) is 5.43 Å². The Labute approximate surface area is 151 Å². The van der Waals surface area contributed by atoms with Gasteiger partial charge in [-0.05, 0) is 47.9 Å². The molecule has 1 heterocycles. The summed E-state index contributed by atoms with van der Waals surface area (Å²) >= 11 is 1.59. The van der Waals surface area contributed by atoms with E-state index >= 15 is 0 Å². The van der Waals surface area contributed by atoms with Gasteiger partial charge in [-0.15, -0.1) is 11.3 Å². The largest absolute Gasteiger partial charge is 0.496 e. The topological polar surface area (TPSA) is 84.6 Å². The number of benzene rings is 1. The van der Waals surface area contributed by atoms with Crippen molar-refractivity contribution in [3.8, 4) is 16.2 Å². The summed E-state index contributed by atoms with van der Waals surface area (Å²) in [6, 6.07) is 5.77. The summed E-state index contributed by atoms with van der Waals surface area (Å²) < 4.78 is 5.50. The van der Waals surface area contributed by atoms with Crippen molar-refractivity contribution in [3.63, 3.8) is 0 Å². The van der Waals surface area contributed by atoms with Gasteiger partial charge < -0.3 is 9.84 Å². The zero-order valence-corrected chi connectivity index (χ0v) is 15.6. The summed E-state index contributed by atoms with van der Waals surface area (Å²) in [5, 5.41) is 9.91. The van der Waals surface area contributed by atoms with E-state index in [4.69, 9.17) is 10.6 Å². The Morgan fingerprint density at radius 2 is 2.20 bits per heavy atom. The Balaban J connectivity index is 2.20. The summed E-state index contributed by atoms with van der Waals surface area (Å²) in [5.41, 5.74) is 6.01. The van der Waals surface area contributed by atoms with Crippen LogP contribution in [0, 0.1) is 5.41 Å². The molecule has 0 unspecified atom stereocenters. The number of hydrogen-bond acceptors (Lipinski definition) is 5. The van der Waals surface area contributed by atoms with Crippen LogP contribution in [-0.2, 0) is 19.4 Å². The molecule has 0 atom stereocenters. The van der Waals surface area contributed by atoms with Crippen LogP contribution < -0.4 is 16.0 Å². The number of carbonyl (C=O) groups is 1. The third-order valence-electron chi connectivity index (χ3n) is 4.80. The number of hydrazine groups is 1. The van der Waals surface area contributed by atoms with Gasteiger partial charge in [0.05, 0.1) is 17.6 Å². The molecular formula is C19H24N2O3S. The highest BCUT2D eigenvalue weighted by Gasteiger charge is 2.33. The van der Waals surface area contributed by atoms with Crippen molar-refractivity contribution >= 4 is 17.3 Å². The number of ether oxygens (including phenoxy) is 1. The van der Waals surface area contributed by atoms with Crippen molar-refractivity contribution < 1.29 is 14.6 Å². The Morgan fingerprint density at radius 3 is 2.84 bits per heavy atom. The standard InChI is InChI=1S/C19H24N2O3S/c1-19(2)7-6-15-13(9-19)16(18(22)23)17(25-15)12-8-11(10-21-20)4-5-14(12)24-3/h4-5,8,21H,6-7,9-10,20H2,1-3H3,(H,22,23). The smallest absolute Gasteiger partial charge is 0.337 e. The number of thiophene rings is 1. The molecule has 3 rings (SSSR count). The van der Waals surface area contributed by atoms with Crippen molar-refractivity contribution in [2.45, 2.75) is 39.7 Å². The van der Waals surface area contributed by atoms with Crippen LogP contribution in [-0.4, -0.2) is 18.2 Å². The molecule has 25 heavy (non-hydrogen) atoms. The van der Waals surface area contributed by atoms with Gasteiger partial charge in [0.1, 0.15) is 5.75 Å². The molecule has 0 aliphatic heterocycles. The highest BCUT2D eigenvalue weighted by molar-refractivity contribution is 7.16. The van der Waals surface area contributed by atoms with Crippen LogP contribution in [0.5, 0.6) is 5.75 Å². The minimum atomic E-state index is -0.866. The average Bonchev–Trinajstić information content (AvgIpc) is 2.92. The molecule has 1 aliphatic rings. The van der Waals surface area contributed by atoms with Gasteiger partial charge in [-0.3, -0.25) is 11.3 Å². The van der Waals surface area contributed by atoms with E-state index in [2.05, 4.69) is 19.3 Å². The second kappa shape index (κ2) is 6.78. The maximum Gasteiger partial charge on any atom is 0.337 e. The lowest BCUT2D eigenvalue weighted by molar-refractivity contribution is 0.0696. The number of methoxy groups -OCH3 is 1. The van der Waals surface area contributed by atoms with E-state index < -0.39 is 5.97 Å². The van der Waals surface area contributed by atoms with Crippen LogP contribution in [0.2, 0.25) is 0 Å². The summed E-state index contributed by atoms with van der Waals surface area (Å²) in [5.74, 6) is 5.25. The van der Waals surface area contributed by atoms with E-state index in [0.717, 1.165) is 40.8 Å². The maximum atomic E-state index is 12.1. The second-order valence-electron chi connectivity index (χ2n) is 7.27. The first kappa shape index (κ1) is 17.9. The monoisotopic (exact) mass is 360 g/mol. The third-order valence-corrected chi connectivity index (χ3v) is 6.13. The average molecular weight is 360 g/mol. The Hall–Kier alpha value is -1.89. The van der Waals surface area contributed by atoms with Crippen LogP contribution >= 0.6 is 11.3 Å². The first-order chi connectivity index (χ1) is 11.9. The normalized spacial score (nSPS) is 15.7. The molecule has 1 aliphatic carbocycles. The molecule has 0 radical (unpaired) electrons. The molecule has 0 bridgehead atoms. The van der Waals surface area contributed by atoms with Crippen LogP contribution in [0.3, 0.4) is 0 Å². The van der Waals surface area contributed by atoms with Crippen LogP contribution in [0.4, 0.5) is 0 Å². The molecule has 134 valence electrons. The SMILES string of the molecule is COc1ccc(CNN)cc1-c1sc2c(c1C(=O)O)CC(C)(C)CC2. The fraction of sp³-hybridized carbons (Fsp3) is 0.421. The van der Waals surface area contributed by atoms with E-state index in [1.807, 2.05) is 18.2 Å². The van der Waals surface area contributed by atoms with Gasteiger partial charge in [0.25, 0.3) is 0 Å². The minimum absolute atomic E-state index is 0.130. The number of aromatic carboxylic acids is 1. The quantitative estimate of drug-likeness (QED) is 0.560. The number of aryl methyl sites for hydroxylation is 1. The molecule has 1 aromatic carbocycles. The van der Waals surface area contributed by atoms with Crippen LogP contribution in [0.1, 0.15) is 46.6 Å². The van der Waals surface area contributed by atoms with Crippen molar-refractivity contribution in [3.05, 3.63) is 39.8 Å². The predicted octanol–water partition coefficient (Wildman–Crippen LogP) is 3.60. The number of hydrogen-bond donors (Lipinski definition) is 3. The van der Waals surface area contributed by atoms with Gasteiger partial charge in [0.15, 0.2) is 0 Å². The fourth-order valence-electron chi connectivity index (χ4n) is 3.50. The molecule has 5 nitrogen and oxygen atoms in total. The lowest BCUT2D eigenvalue weighted by Crippen LogP contribution is -2.22. The predicted molar refractivity (Wildman–Crippen MR) is 100 cm³/mol. The number of carboxylic acid groups (broad SMARTS) is 1. The molecule has 1 aromatic heterocycles. The molecule has 0 amide bonds. The van der Waals surface area contributed by atoms with E-state index in [9.17, 15) is 9.90 Å². The van der Waals surface area contributed by atoms with Crippen molar-refractivity contribution in [2.24, 2.45) is 11.3 Å². The van der Waals surface area contributed by atoms with E-state index in [1.165, 1.54) is 4.88 Å². The number of carboxylic acids is 1. The molecule has 4 N–H and O–H groups in total. The lowest BCUT2D eigenvalue weighted by Gasteiger charge is -2.29. The van der Waals surface area contributed by atoms with Crippen LogP contribution in [0.25, 0.3) is 10.4 Å². The number of nitrogens with two attached hydrogens (primary N) is 1. The zero-order valence-electron chi connectivity index (χ0n) is 14.8. The molecule has 2 aromatic rings. The number of rotatable bonds is 5. The molecule has 0 fully saturated rings. The minimum Gasteiger partial charge on any atom is -0.496 e. The van der Waals surface area contributed by atoms with Gasteiger partial charge in [-0.25, -0.2) is 4.79 Å². The fourth-order valence-corrected chi connectivity index (χ4v) is 4.83. The van der Waals surface area contributed by atoms with Gasteiger partial charge in [-0.2, -0.15) is 0 Å². The van der Waals surface area contributed by atoms with E-state index in [1.54, 1.807) is 18.4 Å². The van der Waals surface area contributed by atoms with Gasteiger partial charge >= 0.3 is 5.97 Å². The maximum absolute atomic E-state index is 12.1. The van der Waals surface area contributed by atoms with Crippen molar-refractivity contribution in [1.29, 1.82) is 0 Å². The first-order valence-corrected chi connectivity index (χ1v) is 9.16. The van der Waals surface area contributed by atoms with Gasteiger partial charge in [-0.1, -0.05) is 19.9 Å². The van der Waals surface area contributed by atoms with Gasteiger partial charge in [0, 0.05) is 17.0 Å². The zero-order chi connectivity index (χ0) is 18.2.